The molecule has 0 spiro atoms. The Balaban J connectivity index is 2.16. The minimum absolute atomic E-state index is 0.117. The molecule has 0 bridgehead atoms. The number of hydrogen-bond donors (Lipinski definition) is 1. The first-order chi connectivity index (χ1) is 7.56. The highest BCUT2D eigenvalue weighted by Crippen LogP contribution is 2.43. The molecule has 1 aromatic heterocycles. The summed E-state index contributed by atoms with van der Waals surface area (Å²) in [5.41, 5.74) is 0.183. The van der Waals surface area contributed by atoms with Crippen molar-refractivity contribution in [3.8, 4) is 0 Å². The van der Waals surface area contributed by atoms with E-state index in [0.717, 1.165) is 18.6 Å². The summed E-state index contributed by atoms with van der Waals surface area (Å²) in [7, 11) is 0. The predicted molar refractivity (Wildman–Crippen MR) is 66.7 cm³/mol. The van der Waals surface area contributed by atoms with Crippen molar-refractivity contribution in [2.24, 2.45) is 5.41 Å². The van der Waals surface area contributed by atoms with E-state index in [-0.39, 0.29) is 11.2 Å². The molecule has 0 saturated heterocycles. The van der Waals surface area contributed by atoms with E-state index < -0.39 is 4.92 Å². The van der Waals surface area contributed by atoms with Crippen LogP contribution in [-0.4, -0.2) is 20.5 Å². The van der Waals surface area contributed by atoms with Crippen molar-refractivity contribution in [2.75, 3.05) is 5.75 Å². The Hall–Kier alpha value is -0.560. The summed E-state index contributed by atoms with van der Waals surface area (Å²) in [5.74, 6) is 0.687. The summed E-state index contributed by atoms with van der Waals surface area (Å²) >= 11 is 7.49. The SMILES string of the molecule is O=[N+]([O-])c1nn(CC2(CS)CCC2)cc1Br. The highest BCUT2D eigenvalue weighted by atomic mass is 79.9. The molecule has 0 atom stereocenters. The van der Waals surface area contributed by atoms with Crippen molar-refractivity contribution >= 4 is 34.4 Å². The number of rotatable bonds is 4. The van der Waals surface area contributed by atoms with Crippen LogP contribution in [0.5, 0.6) is 0 Å². The molecule has 1 saturated carbocycles. The van der Waals surface area contributed by atoms with Gasteiger partial charge in [0.25, 0.3) is 0 Å². The van der Waals surface area contributed by atoms with Gasteiger partial charge in [0.05, 0.1) is 17.8 Å². The third-order valence-corrected chi connectivity index (χ3v) is 4.35. The second-order valence-corrected chi connectivity index (χ2v) is 5.44. The minimum atomic E-state index is -0.477. The maximum atomic E-state index is 10.6. The fourth-order valence-corrected chi connectivity index (χ4v) is 2.85. The summed E-state index contributed by atoms with van der Waals surface area (Å²) in [4.78, 5) is 10.2. The number of hydrogen-bond acceptors (Lipinski definition) is 4. The van der Waals surface area contributed by atoms with Crippen LogP contribution >= 0.6 is 28.6 Å². The smallest absolute Gasteiger partial charge is 0.358 e. The van der Waals surface area contributed by atoms with Crippen molar-refractivity contribution in [1.82, 2.24) is 9.78 Å². The van der Waals surface area contributed by atoms with E-state index >= 15 is 0 Å². The molecule has 5 nitrogen and oxygen atoms in total. The van der Waals surface area contributed by atoms with Crippen molar-refractivity contribution < 1.29 is 4.92 Å². The lowest BCUT2D eigenvalue weighted by atomic mass is 9.70. The van der Waals surface area contributed by atoms with Gasteiger partial charge in [0.2, 0.25) is 0 Å². The zero-order valence-electron chi connectivity index (χ0n) is 8.60. The number of nitro groups is 1. The lowest BCUT2D eigenvalue weighted by molar-refractivity contribution is -0.390. The first-order valence-electron chi connectivity index (χ1n) is 5.04. The molecule has 1 heterocycles. The molecule has 7 heteroatoms. The third kappa shape index (κ3) is 2.10. The second kappa shape index (κ2) is 4.37. The molecule has 16 heavy (non-hydrogen) atoms. The van der Waals surface area contributed by atoms with Crippen LogP contribution in [0.25, 0.3) is 0 Å². The van der Waals surface area contributed by atoms with Gasteiger partial charge in [-0.05, 0) is 39.4 Å². The zero-order chi connectivity index (χ0) is 11.8. The van der Waals surface area contributed by atoms with Crippen LogP contribution in [0.1, 0.15) is 19.3 Å². The summed E-state index contributed by atoms with van der Waals surface area (Å²) in [5, 5.41) is 14.6. The van der Waals surface area contributed by atoms with E-state index in [2.05, 4.69) is 33.7 Å². The Kier molecular flexibility index (Phi) is 3.25. The van der Waals surface area contributed by atoms with Gasteiger partial charge >= 0.3 is 5.82 Å². The zero-order valence-corrected chi connectivity index (χ0v) is 11.1. The van der Waals surface area contributed by atoms with Crippen LogP contribution in [0.4, 0.5) is 5.82 Å². The topological polar surface area (TPSA) is 61.0 Å². The van der Waals surface area contributed by atoms with Gasteiger partial charge in [-0.25, -0.2) is 0 Å². The fourth-order valence-electron chi connectivity index (χ4n) is 1.98. The molecule has 1 fully saturated rings. The quantitative estimate of drug-likeness (QED) is 0.528. The van der Waals surface area contributed by atoms with Crippen molar-refractivity contribution in [1.29, 1.82) is 0 Å². The van der Waals surface area contributed by atoms with Crippen LogP contribution in [0.3, 0.4) is 0 Å². The van der Waals surface area contributed by atoms with Crippen LogP contribution in [0, 0.1) is 15.5 Å². The van der Waals surface area contributed by atoms with E-state index in [1.54, 1.807) is 10.9 Å². The standard InChI is InChI=1S/C9H12BrN3O2S/c10-7-4-12(11-8(7)13(14)15)5-9(6-16)2-1-3-9/h4,16H,1-3,5-6H2. The lowest BCUT2D eigenvalue weighted by Crippen LogP contribution is -2.36. The molecule has 0 aromatic carbocycles. The largest absolute Gasteiger partial charge is 0.404 e. The van der Waals surface area contributed by atoms with E-state index in [9.17, 15) is 10.1 Å². The van der Waals surface area contributed by atoms with E-state index in [4.69, 9.17) is 0 Å². The maximum absolute atomic E-state index is 10.6. The Morgan fingerprint density at radius 2 is 2.38 bits per heavy atom. The van der Waals surface area contributed by atoms with Gasteiger partial charge in [-0.2, -0.15) is 17.3 Å². The number of thiol groups is 1. The van der Waals surface area contributed by atoms with Gasteiger partial charge in [0.1, 0.15) is 4.47 Å². The fraction of sp³-hybridized carbons (Fsp3) is 0.667. The molecule has 0 unspecified atom stereocenters. The summed E-state index contributed by atoms with van der Waals surface area (Å²) < 4.78 is 2.09. The Bertz CT molecular complexity index is 411. The van der Waals surface area contributed by atoms with Gasteiger partial charge in [0.15, 0.2) is 0 Å². The highest BCUT2D eigenvalue weighted by molar-refractivity contribution is 9.10. The van der Waals surface area contributed by atoms with Crippen LogP contribution in [0.15, 0.2) is 10.7 Å². The number of nitrogens with zero attached hydrogens (tertiary/aromatic N) is 3. The molecule has 0 N–H and O–H groups in total. The van der Waals surface area contributed by atoms with Crippen LogP contribution in [0.2, 0.25) is 0 Å². The molecule has 2 rings (SSSR count). The Morgan fingerprint density at radius 1 is 1.69 bits per heavy atom. The average Bonchev–Trinajstić information content (AvgIpc) is 2.53. The summed E-state index contributed by atoms with van der Waals surface area (Å²) in [6.07, 6.45) is 5.14. The van der Waals surface area contributed by atoms with E-state index in [0.29, 0.717) is 11.0 Å². The summed E-state index contributed by atoms with van der Waals surface area (Å²) in [6, 6.07) is 0. The molecule has 0 radical (unpaired) electrons. The third-order valence-electron chi connectivity index (χ3n) is 3.12. The molecule has 0 aliphatic heterocycles. The Labute approximate surface area is 107 Å². The van der Waals surface area contributed by atoms with E-state index in [1.807, 2.05) is 0 Å². The molecule has 1 aliphatic rings. The van der Waals surface area contributed by atoms with Crippen LogP contribution in [-0.2, 0) is 6.54 Å². The average molecular weight is 306 g/mol. The molecular weight excluding hydrogens is 294 g/mol. The molecule has 88 valence electrons. The monoisotopic (exact) mass is 305 g/mol. The van der Waals surface area contributed by atoms with E-state index in [1.165, 1.54) is 6.42 Å². The minimum Gasteiger partial charge on any atom is -0.358 e. The molecule has 1 aliphatic carbocycles. The lowest BCUT2D eigenvalue weighted by Gasteiger charge is -2.39. The van der Waals surface area contributed by atoms with Crippen molar-refractivity contribution in [3.05, 3.63) is 20.8 Å². The number of halogens is 1. The summed E-state index contributed by atoms with van der Waals surface area (Å²) in [6.45, 7) is 0.711. The first-order valence-corrected chi connectivity index (χ1v) is 6.47. The molecule has 0 amide bonds. The van der Waals surface area contributed by atoms with Gasteiger partial charge in [0, 0.05) is 5.41 Å². The molecule has 1 aromatic rings. The predicted octanol–water partition coefficient (Wildman–Crippen LogP) is 2.65. The highest BCUT2D eigenvalue weighted by Gasteiger charge is 2.37. The van der Waals surface area contributed by atoms with Crippen LogP contribution < -0.4 is 0 Å². The molecular formula is C9H12BrN3O2S. The van der Waals surface area contributed by atoms with Crippen molar-refractivity contribution in [2.45, 2.75) is 25.8 Å². The van der Waals surface area contributed by atoms with Gasteiger partial charge in [-0.1, -0.05) is 6.42 Å². The second-order valence-electron chi connectivity index (χ2n) is 4.27. The van der Waals surface area contributed by atoms with Crippen molar-refractivity contribution in [3.63, 3.8) is 0 Å². The Morgan fingerprint density at radius 3 is 2.75 bits per heavy atom. The van der Waals surface area contributed by atoms with Gasteiger partial charge < -0.3 is 10.1 Å². The van der Waals surface area contributed by atoms with Gasteiger partial charge in [-0.3, -0.25) is 0 Å². The maximum Gasteiger partial charge on any atom is 0.404 e. The van der Waals surface area contributed by atoms with Gasteiger partial charge in [-0.15, -0.1) is 0 Å². The number of aromatic nitrogens is 2. The first kappa shape index (κ1) is 11.9. The normalized spacial score (nSPS) is 18.1.